The highest BCUT2D eigenvalue weighted by Gasteiger charge is 2.18. The number of nitrogens with one attached hydrogen (secondary N) is 1. The van der Waals surface area contributed by atoms with E-state index in [0.717, 1.165) is 0 Å². The minimum atomic E-state index is -3.91. The number of anilines is 3. The Bertz CT molecular complexity index is 1050. The zero-order valence-corrected chi connectivity index (χ0v) is 15.3. The Morgan fingerprint density at radius 3 is 2.12 bits per heavy atom. The number of nitrogens with zero attached hydrogens (tertiary/aromatic N) is 3. The summed E-state index contributed by atoms with van der Waals surface area (Å²) in [7, 11) is -3.91. The van der Waals surface area contributed by atoms with Crippen LogP contribution in [0.2, 0.25) is 10.0 Å². The second-order valence-corrected chi connectivity index (χ2v) is 7.63. The average Bonchev–Trinajstić information content (AvgIpc) is 2.56. The molecule has 134 valence electrons. The van der Waals surface area contributed by atoms with E-state index in [1.54, 1.807) is 24.3 Å². The molecule has 2 aromatic carbocycles. The van der Waals surface area contributed by atoms with Crippen molar-refractivity contribution in [2.45, 2.75) is 4.90 Å². The molecule has 11 heteroatoms. The average molecular weight is 411 g/mol. The van der Waals surface area contributed by atoms with Crippen LogP contribution in [0.25, 0.3) is 11.4 Å². The maximum absolute atomic E-state index is 12.5. The molecule has 8 nitrogen and oxygen atoms in total. The minimum absolute atomic E-state index is 0.00659. The normalized spacial score (nSPS) is 11.3. The van der Waals surface area contributed by atoms with Gasteiger partial charge in [0.25, 0.3) is 10.0 Å². The first-order valence-corrected chi connectivity index (χ1v) is 9.34. The van der Waals surface area contributed by atoms with Gasteiger partial charge >= 0.3 is 0 Å². The van der Waals surface area contributed by atoms with Gasteiger partial charge < -0.3 is 11.5 Å². The van der Waals surface area contributed by atoms with E-state index >= 15 is 0 Å². The van der Waals surface area contributed by atoms with Gasteiger partial charge in [0.1, 0.15) is 4.90 Å². The summed E-state index contributed by atoms with van der Waals surface area (Å²) in [6.07, 6.45) is 0. The quantitative estimate of drug-likeness (QED) is 0.600. The molecule has 26 heavy (non-hydrogen) atoms. The SMILES string of the molecule is Nc1nc(N)nc(-c2ccc(NS(=O)(=O)c3cc(Cl)ccc3Cl)cc2)n1. The van der Waals surface area contributed by atoms with E-state index in [1.807, 2.05) is 0 Å². The molecule has 0 unspecified atom stereocenters. The summed E-state index contributed by atoms with van der Waals surface area (Å²) in [5.41, 5.74) is 12.0. The number of hydrogen-bond acceptors (Lipinski definition) is 7. The fourth-order valence-corrected chi connectivity index (χ4v) is 3.94. The highest BCUT2D eigenvalue weighted by molar-refractivity contribution is 7.92. The van der Waals surface area contributed by atoms with Gasteiger partial charge in [-0.15, -0.1) is 0 Å². The van der Waals surface area contributed by atoms with Crippen LogP contribution in [0.4, 0.5) is 17.6 Å². The topological polar surface area (TPSA) is 137 Å². The Morgan fingerprint density at radius 2 is 1.50 bits per heavy atom. The molecule has 0 spiro atoms. The fraction of sp³-hybridized carbons (Fsp3) is 0. The molecule has 0 aliphatic rings. The van der Waals surface area contributed by atoms with Crippen molar-refractivity contribution >= 4 is 50.8 Å². The first-order chi connectivity index (χ1) is 12.2. The van der Waals surface area contributed by atoms with Crippen molar-refractivity contribution in [1.82, 2.24) is 15.0 Å². The number of halogens is 2. The molecule has 0 aliphatic heterocycles. The molecule has 0 saturated carbocycles. The van der Waals surface area contributed by atoms with Gasteiger partial charge in [-0.3, -0.25) is 4.72 Å². The Kier molecular flexibility index (Phi) is 4.86. The van der Waals surface area contributed by atoms with E-state index in [9.17, 15) is 8.42 Å². The van der Waals surface area contributed by atoms with Crippen LogP contribution in [0.3, 0.4) is 0 Å². The smallest absolute Gasteiger partial charge is 0.263 e. The lowest BCUT2D eigenvalue weighted by Gasteiger charge is -2.10. The highest BCUT2D eigenvalue weighted by Crippen LogP contribution is 2.27. The second-order valence-electron chi connectivity index (χ2n) is 5.13. The maximum atomic E-state index is 12.5. The molecular formula is C15H12Cl2N6O2S. The third-order valence-electron chi connectivity index (χ3n) is 3.25. The van der Waals surface area contributed by atoms with Gasteiger partial charge in [-0.25, -0.2) is 8.42 Å². The molecule has 0 atom stereocenters. The van der Waals surface area contributed by atoms with Crippen LogP contribution in [0.5, 0.6) is 0 Å². The van der Waals surface area contributed by atoms with E-state index in [4.69, 9.17) is 34.7 Å². The van der Waals surface area contributed by atoms with Gasteiger partial charge in [-0.05, 0) is 42.5 Å². The number of aromatic nitrogens is 3. The van der Waals surface area contributed by atoms with E-state index < -0.39 is 10.0 Å². The summed E-state index contributed by atoms with van der Waals surface area (Å²) in [4.78, 5) is 11.5. The van der Waals surface area contributed by atoms with Crippen molar-refractivity contribution in [1.29, 1.82) is 0 Å². The van der Waals surface area contributed by atoms with Crippen molar-refractivity contribution in [3.8, 4) is 11.4 Å². The van der Waals surface area contributed by atoms with E-state index in [-0.39, 0.29) is 32.7 Å². The lowest BCUT2D eigenvalue weighted by molar-refractivity contribution is 0.601. The third kappa shape index (κ3) is 3.96. The largest absolute Gasteiger partial charge is 0.368 e. The molecule has 3 rings (SSSR count). The van der Waals surface area contributed by atoms with Crippen molar-refractivity contribution in [3.05, 3.63) is 52.5 Å². The predicted octanol–water partition coefficient (Wildman–Crippen LogP) is 2.81. The first kappa shape index (κ1) is 18.2. The minimum Gasteiger partial charge on any atom is -0.368 e. The molecule has 5 N–H and O–H groups in total. The van der Waals surface area contributed by atoms with Gasteiger partial charge in [0.15, 0.2) is 5.82 Å². The molecule has 0 bridgehead atoms. The molecule has 3 aromatic rings. The number of hydrogen-bond donors (Lipinski definition) is 3. The van der Waals surface area contributed by atoms with Crippen molar-refractivity contribution in [3.63, 3.8) is 0 Å². The molecule has 1 aromatic heterocycles. The van der Waals surface area contributed by atoms with Crippen LogP contribution in [0.1, 0.15) is 0 Å². The van der Waals surface area contributed by atoms with Crippen LogP contribution in [-0.4, -0.2) is 23.4 Å². The van der Waals surface area contributed by atoms with E-state index in [2.05, 4.69) is 19.7 Å². The number of rotatable bonds is 4. The lowest BCUT2D eigenvalue weighted by atomic mass is 10.2. The summed E-state index contributed by atoms with van der Waals surface area (Å²) in [6.45, 7) is 0. The molecule has 0 amide bonds. The molecule has 0 saturated heterocycles. The van der Waals surface area contributed by atoms with Crippen LogP contribution < -0.4 is 16.2 Å². The van der Waals surface area contributed by atoms with Crippen LogP contribution in [0, 0.1) is 0 Å². The highest BCUT2D eigenvalue weighted by atomic mass is 35.5. The number of sulfonamides is 1. The van der Waals surface area contributed by atoms with Crippen LogP contribution >= 0.6 is 23.2 Å². The zero-order chi connectivity index (χ0) is 18.9. The van der Waals surface area contributed by atoms with Crippen LogP contribution in [0.15, 0.2) is 47.4 Å². The Morgan fingerprint density at radius 1 is 0.885 bits per heavy atom. The molecule has 1 heterocycles. The lowest BCUT2D eigenvalue weighted by Crippen LogP contribution is -2.13. The van der Waals surface area contributed by atoms with Crippen molar-refractivity contribution in [2.75, 3.05) is 16.2 Å². The number of benzene rings is 2. The van der Waals surface area contributed by atoms with Gasteiger partial charge in [0, 0.05) is 16.3 Å². The molecule has 0 aliphatic carbocycles. The van der Waals surface area contributed by atoms with E-state index in [0.29, 0.717) is 11.3 Å². The summed E-state index contributed by atoms with van der Waals surface area (Å²) in [5.74, 6) is 0.267. The monoisotopic (exact) mass is 410 g/mol. The molecule has 0 fully saturated rings. The fourth-order valence-electron chi connectivity index (χ4n) is 2.12. The summed E-state index contributed by atoms with van der Waals surface area (Å²) >= 11 is 11.8. The first-order valence-electron chi connectivity index (χ1n) is 7.10. The third-order valence-corrected chi connectivity index (χ3v) is 5.35. The Hall–Kier alpha value is -2.62. The van der Waals surface area contributed by atoms with E-state index in [1.165, 1.54) is 18.2 Å². The Balaban J connectivity index is 1.88. The van der Waals surface area contributed by atoms with Gasteiger partial charge in [-0.2, -0.15) is 15.0 Å². The zero-order valence-electron chi connectivity index (χ0n) is 13.0. The Labute approximate surface area is 159 Å². The summed E-state index contributed by atoms with van der Waals surface area (Å²) < 4.78 is 27.4. The van der Waals surface area contributed by atoms with Crippen molar-refractivity contribution in [2.24, 2.45) is 0 Å². The predicted molar refractivity (Wildman–Crippen MR) is 101 cm³/mol. The molecule has 0 radical (unpaired) electrons. The van der Waals surface area contributed by atoms with Gasteiger partial charge in [0.2, 0.25) is 11.9 Å². The van der Waals surface area contributed by atoms with Gasteiger partial charge in [0.05, 0.1) is 5.02 Å². The number of nitrogens with two attached hydrogens (primary N) is 2. The van der Waals surface area contributed by atoms with Crippen LogP contribution in [-0.2, 0) is 10.0 Å². The molecular weight excluding hydrogens is 399 g/mol. The summed E-state index contributed by atoms with van der Waals surface area (Å²) in [5, 5.41) is 0.324. The van der Waals surface area contributed by atoms with Gasteiger partial charge in [-0.1, -0.05) is 23.2 Å². The second kappa shape index (κ2) is 6.94. The maximum Gasteiger partial charge on any atom is 0.263 e. The standard InChI is InChI=1S/C15H12Cl2N6O2S/c16-9-3-6-11(17)12(7-9)26(24,25)23-10-4-1-8(2-5-10)13-20-14(18)22-15(19)21-13/h1-7,23H,(H4,18,19,20,21,22). The van der Waals surface area contributed by atoms with Crippen molar-refractivity contribution < 1.29 is 8.42 Å². The summed E-state index contributed by atoms with van der Waals surface area (Å²) in [6, 6.07) is 10.5. The number of nitrogen functional groups attached to an aromatic ring is 2.